The first kappa shape index (κ1) is 20.7. The predicted octanol–water partition coefficient (Wildman–Crippen LogP) is -0.257. The fourth-order valence-corrected chi connectivity index (χ4v) is 5.37. The number of hydrogen-bond donors (Lipinski definition) is 1. The molecule has 1 amide bonds. The van der Waals surface area contributed by atoms with Gasteiger partial charge in [0.2, 0.25) is 10.0 Å². The van der Waals surface area contributed by atoms with Crippen LogP contribution in [-0.4, -0.2) is 74.3 Å². The summed E-state index contributed by atoms with van der Waals surface area (Å²) in [6, 6.07) is 5.41. The number of rotatable bonds is 5. The second-order valence-electron chi connectivity index (χ2n) is 7.62. The van der Waals surface area contributed by atoms with E-state index in [2.05, 4.69) is 6.92 Å². The summed E-state index contributed by atoms with van der Waals surface area (Å²) in [5, 5.41) is 11.2. The summed E-state index contributed by atoms with van der Waals surface area (Å²) in [5.74, 6) is 0.782. The molecule has 2 fully saturated rings. The van der Waals surface area contributed by atoms with E-state index >= 15 is 0 Å². The van der Waals surface area contributed by atoms with Crippen molar-refractivity contribution in [1.82, 2.24) is 9.21 Å². The number of piperazine rings is 1. The van der Waals surface area contributed by atoms with E-state index in [0.29, 0.717) is 25.6 Å². The Morgan fingerprint density at radius 2 is 1.79 bits per heavy atom. The first-order chi connectivity index (χ1) is 13.3. The number of piperidine rings is 1. The van der Waals surface area contributed by atoms with Crippen LogP contribution in [0.1, 0.15) is 19.8 Å². The van der Waals surface area contributed by atoms with Crippen LogP contribution in [0.25, 0.3) is 0 Å². The zero-order chi connectivity index (χ0) is 20.3. The zero-order valence-corrected chi connectivity index (χ0v) is 16.9. The lowest BCUT2D eigenvalue weighted by molar-refractivity contribution is -0.896. The molecule has 0 atom stereocenters. The normalized spacial score (nSPS) is 20.2. The van der Waals surface area contributed by atoms with Crippen LogP contribution in [0.5, 0.6) is 0 Å². The van der Waals surface area contributed by atoms with Crippen LogP contribution in [0, 0.1) is 16.0 Å². The van der Waals surface area contributed by atoms with Gasteiger partial charge in [-0.2, -0.15) is 4.31 Å². The topological polar surface area (TPSA) is 105 Å². The number of carbonyl (C=O) groups excluding carboxylic acids is 1. The number of nitrogens with one attached hydrogen (secondary N) is 1. The number of sulfonamides is 1. The van der Waals surface area contributed by atoms with Gasteiger partial charge in [-0.1, -0.05) is 19.1 Å². The Bertz CT molecular complexity index is 828. The second-order valence-corrected chi connectivity index (χ2v) is 9.53. The molecule has 0 aliphatic carbocycles. The number of nitrogens with zero attached hydrogens (tertiary/aromatic N) is 3. The third kappa shape index (κ3) is 4.50. The van der Waals surface area contributed by atoms with Crippen molar-refractivity contribution in [3.63, 3.8) is 0 Å². The molecule has 1 N–H and O–H groups in total. The Hall–Kier alpha value is -2.04. The standard InChI is InChI=1S/C18H26N4O5S/c1-15-6-8-20(9-7-15)18(23)14-19-10-12-21(13-11-19)28(26,27)17-5-3-2-4-16(17)22(24)25/h2-5,15H,6-14H2,1H3/p+1. The number of carbonyl (C=O) groups is 1. The van der Waals surface area contributed by atoms with Gasteiger partial charge >= 0.3 is 0 Å². The van der Waals surface area contributed by atoms with Crippen molar-refractivity contribution < 1.29 is 23.0 Å². The van der Waals surface area contributed by atoms with E-state index in [1.807, 2.05) is 4.90 Å². The van der Waals surface area contributed by atoms with E-state index in [0.717, 1.165) is 30.8 Å². The van der Waals surface area contributed by atoms with E-state index in [1.54, 1.807) is 0 Å². The third-order valence-corrected chi connectivity index (χ3v) is 7.59. The van der Waals surface area contributed by atoms with Crippen molar-refractivity contribution in [3.8, 4) is 0 Å². The highest BCUT2D eigenvalue weighted by Gasteiger charge is 2.35. The maximum atomic E-state index is 12.9. The molecule has 0 aromatic heterocycles. The Kier molecular flexibility index (Phi) is 6.31. The summed E-state index contributed by atoms with van der Waals surface area (Å²) in [4.78, 5) is 25.7. The lowest BCUT2D eigenvalue weighted by Crippen LogP contribution is -3.15. The first-order valence-electron chi connectivity index (χ1n) is 9.64. The number of quaternary nitrogens is 1. The van der Waals surface area contributed by atoms with Gasteiger partial charge in [0.25, 0.3) is 11.6 Å². The fraction of sp³-hybridized carbons (Fsp3) is 0.611. The van der Waals surface area contributed by atoms with Crippen molar-refractivity contribution in [2.75, 3.05) is 45.8 Å². The van der Waals surface area contributed by atoms with E-state index in [-0.39, 0.29) is 23.9 Å². The van der Waals surface area contributed by atoms with E-state index in [9.17, 15) is 23.3 Å². The average molecular weight is 412 g/mol. The molecule has 9 nitrogen and oxygen atoms in total. The smallest absolute Gasteiger partial charge is 0.289 e. The van der Waals surface area contributed by atoms with Gasteiger partial charge in [0.15, 0.2) is 11.4 Å². The number of para-hydroxylation sites is 1. The van der Waals surface area contributed by atoms with E-state index < -0.39 is 20.6 Å². The zero-order valence-electron chi connectivity index (χ0n) is 16.0. The van der Waals surface area contributed by atoms with E-state index in [1.165, 1.54) is 28.6 Å². The minimum absolute atomic E-state index is 0.122. The fourth-order valence-electron chi connectivity index (χ4n) is 3.77. The molecule has 0 radical (unpaired) electrons. The molecule has 0 unspecified atom stereocenters. The summed E-state index contributed by atoms with van der Waals surface area (Å²) >= 11 is 0. The Morgan fingerprint density at radius 1 is 1.18 bits per heavy atom. The maximum Gasteiger partial charge on any atom is 0.289 e. The number of likely N-dealkylation sites (tertiary alicyclic amines) is 1. The van der Waals surface area contributed by atoms with Crippen LogP contribution in [0.15, 0.2) is 29.2 Å². The van der Waals surface area contributed by atoms with Crippen molar-refractivity contribution in [1.29, 1.82) is 0 Å². The molecule has 2 heterocycles. The Balaban J connectivity index is 1.59. The van der Waals surface area contributed by atoms with Gasteiger partial charge in [0.05, 0.1) is 31.1 Å². The maximum absolute atomic E-state index is 12.9. The van der Waals surface area contributed by atoms with E-state index in [4.69, 9.17) is 0 Å². The van der Waals surface area contributed by atoms with Crippen LogP contribution in [0.2, 0.25) is 0 Å². The quantitative estimate of drug-likeness (QED) is 0.531. The van der Waals surface area contributed by atoms with Gasteiger partial charge in [-0.15, -0.1) is 0 Å². The van der Waals surface area contributed by atoms with Gasteiger partial charge in [0.1, 0.15) is 0 Å². The van der Waals surface area contributed by atoms with Crippen molar-refractivity contribution in [3.05, 3.63) is 34.4 Å². The van der Waals surface area contributed by atoms with Gasteiger partial charge in [-0.05, 0) is 24.8 Å². The molecule has 1 aromatic rings. The van der Waals surface area contributed by atoms with Crippen LogP contribution in [0.3, 0.4) is 0 Å². The van der Waals surface area contributed by atoms with Crippen molar-refractivity contribution >= 4 is 21.6 Å². The molecule has 10 heteroatoms. The van der Waals surface area contributed by atoms with Gasteiger partial charge in [-0.3, -0.25) is 14.9 Å². The molecular formula is C18H27N4O5S+. The Labute approximate surface area is 165 Å². The molecule has 2 aliphatic heterocycles. The lowest BCUT2D eigenvalue weighted by Gasteiger charge is -2.34. The van der Waals surface area contributed by atoms with Gasteiger partial charge in [-0.25, -0.2) is 8.42 Å². The number of hydrogen-bond acceptors (Lipinski definition) is 5. The summed E-state index contributed by atoms with van der Waals surface area (Å²) in [6.45, 7) is 5.67. The van der Waals surface area contributed by atoms with Gasteiger partial charge < -0.3 is 9.80 Å². The van der Waals surface area contributed by atoms with Crippen LogP contribution >= 0.6 is 0 Å². The first-order valence-corrected chi connectivity index (χ1v) is 11.1. The van der Waals surface area contributed by atoms with Crippen LogP contribution in [-0.2, 0) is 14.8 Å². The monoisotopic (exact) mass is 411 g/mol. The number of nitro benzene ring substituents is 1. The van der Waals surface area contributed by atoms with Gasteiger partial charge in [0, 0.05) is 19.2 Å². The highest BCUT2D eigenvalue weighted by atomic mass is 32.2. The minimum atomic E-state index is -3.93. The summed E-state index contributed by atoms with van der Waals surface area (Å²) in [6.07, 6.45) is 2.06. The molecule has 1 aromatic carbocycles. The molecule has 0 saturated carbocycles. The van der Waals surface area contributed by atoms with Crippen LogP contribution < -0.4 is 4.90 Å². The highest BCUT2D eigenvalue weighted by molar-refractivity contribution is 7.89. The third-order valence-electron chi connectivity index (χ3n) is 5.65. The van der Waals surface area contributed by atoms with Crippen LogP contribution in [0.4, 0.5) is 5.69 Å². The predicted molar refractivity (Wildman–Crippen MR) is 102 cm³/mol. The molecule has 2 saturated heterocycles. The minimum Gasteiger partial charge on any atom is -0.338 e. The molecular weight excluding hydrogens is 384 g/mol. The second kappa shape index (κ2) is 8.54. The molecule has 0 bridgehead atoms. The average Bonchev–Trinajstić information content (AvgIpc) is 2.69. The number of nitro groups is 1. The molecule has 0 spiro atoms. The summed E-state index contributed by atoms with van der Waals surface area (Å²) in [5.41, 5.74) is -0.410. The molecule has 2 aliphatic rings. The largest absolute Gasteiger partial charge is 0.338 e. The van der Waals surface area contributed by atoms with Crippen molar-refractivity contribution in [2.45, 2.75) is 24.7 Å². The van der Waals surface area contributed by atoms with Crippen molar-refractivity contribution in [2.24, 2.45) is 5.92 Å². The molecule has 28 heavy (non-hydrogen) atoms. The molecule has 3 rings (SSSR count). The summed E-state index contributed by atoms with van der Waals surface area (Å²) < 4.78 is 27.0. The number of amides is 1. The SMILES string of the molecule is CC1CCN(C(=O)C[NH+]2CCN(S(=O)(=O)c3ccccc3[N+](=O)[O-])CC2)CC1. The highest BCUT2D eigenvalue weighted by Crippen LogP contribution is 2.26. The summed E-state index contributed by atoms with van der Waals surface area (Å²) in [7, 11) is -3.93. The Morgan fingerprint density at radius 3 is 2.39 bits per heavy atom. The molecule has 154 valence electrons. The lowest BCUT2D eigenvalue weighted by atomic mass is 9.99. The number of benzene rings is 1.